The summed E-state index contributed by atoms with van der Waals surface area (Å²) >= 11 is 0. The van der Waals surface area contributed by atoms with Gasteiger partial charge in [0.15, 0.2) is 11.5 Å². The molecule has 1 atom stereocenters. The summed E-state index contributed by atoms with van der Waals surface area (Å²) in [6, 6.07) is 2.33. The molecule has 1 aromatic heterocycles. The fourth-order valence-electron chi connectivity index (χ4n) is 1.91. The first-order valence-corrected chi connectivity index (χ1v) is 6.15. The second-order valence-electron chi connectivity index (χ2n) is 5.10. The van der Waals surface area contributed by atoms with E-state index in [0.717, 1.165) is 13.0 Å². The highest BCUT2D eigenvalue weighted by Gasteiger charge is 2.14. The van der Waals surface area contributed by atoms with Gasteiger partial charge in [-0.3, -0.25) is 0 Å². The summed E-state index contributed by atoms with van der Waals surface area (Å²) in [5.74, 6) is 1.16. The molecule has 0 saturated carbocycles. The largest absolute Gasteiger partial charge is 0.364 e. The SMILES string of the molecule is CC(C)CC(CN(C)C)Nc1nccnc1C#N. The third-order valence-corrected chi connectivity index (χ3v) is 2.49. The molecule has 0 radical (unpaired) electrons. The minimum absolute atomic E-state index is 0.267. The van der Waals surface area contributed by atoms with Crippen LogP contribution >= 0.6 is 0 Å². The number of aromatic nitrogens is 2. The minimum atomic E-state index is 0.267. The standard InChI is InChI=1S/C13H21N5/c1-10(2)7-11(9-18(3)4)17-13-12(8-14)15-5-6-16-13/h5-6,10-11H,7,9H2,1-4H3,(H,16,17). The van der Waals surface area contributed by atoms with Crippen molar-refractivity contribution in [2.24, 2.45) is 5.92 Å². The van der Waals surface area contributed by atoms with Gasteiger partial charge in [0.2, 0.25) is 0 Å². The second-order valence-corrected chi connectivity index (χ2v) is 5.10. The Bertz CT molecular complexity index is 398. The quantitative estimate of drug-likeness (QED) is 0.829. The van der Waals surface area contributed by atoms with Gasteiger partial charge in [-0.05, 0) is 26.4 Å². The monoisotopic (exact) mass is 247 g/mol. The second kappa shape index (κ2) is 6.92. The van der Waals surface area contributed by atoms with Gasteiger partial charge in [0.25, 0.3) is 0 Å². The fraction of sp³-hybridized carbons (Fsp3) is 0.615. The first kappa shape index (κ1) is 14.4. The van der Waals surface area contributed by atoms with Crippen LogP contribution in [0.5, 0.6) is 0 Å². The van der Waals surface area contributed by atoms with Crippen LogP contribution in [0.1, 0.15) is 26.0 Å². The van der Waals surface area contributed by atoms with Crippen LogP contribution in [0.2, 0.25) is 0 Å². The smallest absolute Gasteiger partial charge is 0.182 e. The minimum Gasteiger partial charge on any atom is -0.364 e. The molecule has 0 aromatic carbocycles. The van der Waals surface area contributed by atoms with Crippen molar-refractivity contribution in [1.82, 2.24) is 14.9 Å². The van der Waals surface area contributed by atoms with Crippen LogP contribution in [0.25, 0.3) is 0 Å². The Hall–Kier alpha value is -1.67. The van der Waals surface area contributed by atoms with Gasteiger partial charge in [-0.15, -0.1) is 0 Å². The number of hydrogen-bond donors (Lipinski definition) is 1. The number of likely N-dealkylation sites (N-methyl/N-ethyl adjacent to an activating group) is 1. The Balaban J connectivity index is 2.79. The van der Waals surface area contributed by atoms with Crippen LogP contribution < -0.4 is 5.32 Å². The maximum atomic E-state index is 8.99. The molecule has 1 aromatic rings. The van der Waals surface area contributed by atoms with Gasteiger partial charge in [-0.2, -0.15) is 5.26 Å². The van der Waals surface area contributed by atoms with E-state index in [-0.39, 0.29) is 6.04 Å². The summed E-state index contributed by atoms with van der Waals surface area (Å²) in [5, 5.41) is 12.3. The maximum absolute atomic E-state index is 8.99. The van der Waals surface area contributed by atoms with E-state index in [0.29, 0.717) is 17.4 Å². The number of nitriles is 1. The Labute approximate surface area is 109 Å². The molecule has 0 aliphatic heterocycles. The number of hydrogen-bond acceptors (Lipinski definition) is 5. The van der Waals surface area contributed by atoms with Crippen molar-refractivity contribution in [1.29, 1.82) is 5.26 Å². The summed E-state index contributed by atoms with van der Waals surface area (Å²) in [7, 11) is 4.08. The van der Waals surface area contributed by atoms with E-state index in [4.69, 9.17) is 5.26 Å². The lowest BCUT2D eigenvalue weighted by Crippen LogP contribution is -2.34. The van der Waals surface area contributed by atoms with Crippen LogP contribution in [0.15, 0.2) is 12.4 Å². The maximum Gasteiger partial charge on any atom is 0.182 e. The van der Waals surface area contributed by atoms with Crippen LogP contribution in [0, 0.1) is 17.2 Å². The number of anilines is 1. The van der Waals surface area contributed by atoms with Gasteiger partial charge < -0.3 is 10.2 Å². The van der Waals surface area contributed by atoms with Crippen LogP contribution in [-0.2, 0) is 0 Å². The van der Waals surface area contributed by atoms with E-state index in [1.807, 2.05) is 14.1 Å². The molecule has 1 rings (SSSR count). The molecule has 1 heterocycles. The molecular formula is C13H21N5. The third kappa shape index (κ3) is 4.68. The lowest BCUT2D eigenvalue weighted by molar-refractivity contribution is 0.356. The Morgan fingerprint density at radius 1 is 1.33 bits per heavy atom. The highest BCUT2D eigenvalue weighted by Crippen LogP contribution is 2.13. The van der Waals surface area contributed by atoms with Gasteiger partial charge in [-0.25, -0.2) is 9.97 Å². The van der Waals surface area contributed by atoms with Crippen LogP contribution in [0.3, 0.4) is 0 Å². The lowest BCUT2D eigenvalue weighted by Gasteiger charge is -2.24. The number of rotatable bonds is 6. The predicted octanol–water partition coefficient (Wildman–Crippen LogP) is 1.74. The van der Waals surface area contributed by atoms with Gasteiger partial charge in [-0.1, -0.05) is 13.8 Å². The molecule has 0 amide bonds. The molecule has 18 heavy (non-hydrogen) atoms. The molecule has 0 spiro atoms. The van der Waals surface area contributed by atoms with Gasteiger partial charge in [0.05, 0.1) is 0 Å². The summed E-state index contributed by atoms with van der Waals surface area (Å²) in [6.07, 6.45) is 4.16. The molecule has 0 bridgehead atoms. The highest BCUT2D eigenvalue weighted by molar-refractivity contribution is 5.47. The zero-order chi connectivity index (χ0) is 13.5. The average molecular weight is 247 g/mol. The molecule has 1 N–H and O–H groups in total. The highest BCUT2D eigenvalue weighted by atomic mass is 15.1. The normalized spacial score (nSPS) is 12.5. The Kier molecular flexibility index (Phi) is 5.53. The van der Waals surface area contributed by atoms with E-state index in [9.17, 15) is 0 Å². The summed E-state index contributed by atoms with van der Waals surface area (Å²) in [4.78, 5) is 10.3. The average Bonchev–Trinajstić information content (AvgIpc) is 2.27. The molecule has 5 nitrogen and oxygen atoms in total. The van der Waals surface area contributed by atoms with Gasteiger partial charge in [0, 0.05) is 25.0 Å². The van der Waals surface area contributed by atoms with Crippen molar-refractivity contribution in [2.45, 2.75) is 26.3 Å². The van der Waals surface area contributed by atoms with E-state index in [1.165, 1.54) is 6.20 Å². The summed E-state index contributed by atoms with van der Waals surface area (Å²) < 4.78 is 0. The molecule has 98 valence electrons. The van der Waals surface area contributed by atoms with E-state index in [1.54, 1.807) is 6.20 Å². The molecule has 0 saturated heterocycles. The summed E-state index contributed by atoms with van der Waals surface area (Å²) in [6.45, 7) is 5.28. The first-order chi connectivity index (χ1) is 8.52. The van der Waals surface area contributed by atoms with E-state index >= 15 is 0 Å². The molecule has 0 aliphatic rings. The first-order valence-electron chi connectivity index (χ1n) is 6.15. The van der Waals surface area contributed by atoms with Crippen molar-refractivity contribution in [3.05, 3.63) is 18.1 Å². The molecule has 1 unspecified atom stereocenters. The molecule has 0 aliphatic carbocycles. The molecular weight excluding hydrogens is 226 g/mol. The fourth-order valence-corrected chi connectivity index (χ4v) is 1.91. The zero-order valence-corrected chi connectivity index (χ0v) is 11.5. The number of nitrogens with zero attached hydrogens (tertiary/aromatic N) is 4. The number of nitrogens with one attached hydrogen (secondary N) is 1. The zero-order valence-electron chi connectivity index (χ0n) is 11.5. The van der Waals surface area contributed by atoms with Gasteiger partial charge >= 0.3 is 0 Å². The van der Waals surface area contributed by atoms with Crippen LogP contribution in [0.4, 0.5) is 5.82 Å². The lowest BCUT2D eigenvalue weighted by atomic mass is 10.0. The molecule has 5 heteroatoms. The van der Waals surface area contributed by atoms with Crippen LogP contribution in [-0.4, -0.2) is 41.5 Å². The van der Waals surface area contributed by atoms with Crippen molar-refractivity contribution in [3.8, 4) is 6.07 Å². The van der Waals surface area contributed by atoms with Gasteiger partial charge in [0.1, 0.15) is 6.07 Å². The Morgan fingerprint density at radius 3 is 2.56 bits per heavy atom. The Morgan fingerprint density at radius 2 is 2.00 bits per heavy atom. The third-order valence-electron chi connectivity index (χ3n) is 2.49. The van der Waals surface area contributed by atoms with Crippen molar-refractivity contribution in [3.63, 3.8) is 0 Å². The van der Waals surface area contributed by atoms with Crippen molar-refractivity contribution in [2.75, 3.05) is 26.0 Å². The van der Waals surface area contributed by atoms with Crippen molar-refractivity contribution < 1.29 is 0 Å². The molecule has 0 fully saturated rings. The topological polar surface area (TPSA) is 64.8 Å². The van der Waals surface area contributed by atoms with E-state index in [2.05, 4.69) is 40.1 Å². The van der Waals surface area contributed by atoms with E-state index < -0.39 is 0 Å². The van der Waals surface area contributed by atoms with Crippen molar-refractivity contribution >= 4 is 5.82 Å². The summed E-state index contributed by atoms with van der Waals surface area (Å²) in [5.41, 5.74) is 0.352. The predicted molar refractivity (Wildman–Crippen MR) is 72.2 cm³/mol.